The number of aromatic hydroxyl groups is 1. The van der Waals surface area contributed by atoms with Gasteiger partial charge in [0.05, 0.1) is 11.2 Å². The molecule has 4 aromatic rings. The number of carboxylic acids is 1. The van der Waals surface area contributed by atoms with Crippen molar-refractivity contribution in [2.45, 2.75) is 18.3 Å². The van der Waals surface area contributed by atoms with E-state index in [4.69, 9.17) is 16.6 Å². The number of pyridine rings is 1. The summed E-state index contributed by atoms with van der Waals surface area (Å²) in [6.45, 7) is 0. The first-order valence-corrected chi connectivity index (χ1v) is 10.1. The molecule has 4 nitrogen and oxygen atoms in total. The molecule has 0 bridgehead atoms. The number of rotatable bonds is 4. The van der Waals surface area contributed by atoms with E-state index in [2.05, 4.69) is 0 Å². The molecule has 5 rings (SSSR count). The minimum atomic E-state index is -1.17. The lowest BCUT2D eigenvalue weighted by atomic mass is 9.88. The van der Waals surface area contributed by atoms with Crippen molar-refractivity contribution >= 4 is 28.5 Å². The lowest BCUT2D eigenvalue weighted by molar-refractivity contribution is 0.0695. The number of hydrogen-bond acceptors (Lipinski definition) is 3. The van der Waals surface area contributed by atoms with Gasteiger partial charge < -0.3 is 10.2 Å². The summed E-state index contributed by atoms with van der Waals surface area (Å²) in [6.07, 6.45) is 1.57. The molecular weight excluding hydrogens is 398 g/mol. The minimum absolute atomic E-state index is 0.104. The van der Waals surface area contributed by atoms with E-state index >= 15 is 0 Å². The van der Waals surface area contributed by atoms with E-state index in [0.717, 1.165) is 29.5 Å². The van der Waals surface area contributed by atoms with Crippen molar-refractivity contribution in [1.82, 2.24) is 4.98 Å². The Hall–Kier alpha value is -3.37. The van der Waals surface area contributed by atoms with Crippen LogP contribution in [0.5, 0.6) is 5.75 Å². The van der Waals surface area contributed by atoms with Crippen LogP contribution < -0.4 is 0 Å². The Kier molecular flexibility index (Phi) is 4.26. The highest BCUT2D eigenvalue weighted by Gasteiger charge is 2.50. The topological polar surface area (TPSA) is 70.4 Å². The molecular formula is C25H18ClNO3. The summed E-state index contributed by atoms with van der Waals surface area (Å²) in [5.41, 5.74) is 3.14. The molecule has 2 N–H and O–H groups in total. The molecule has 1 aromatic heterocycles. The van der Waals surface area contributed by atoms with E-state index in [-0.39, 0.29) is 11.3 Å². The largest absolute Gasteiger partial charge is 0.505 e. The van der Waals surface area contributed by atoms with Crippen molar-refractivity contribution in [2.24, 2.45) is 0 Å². The van der Waals surface area contributed by atoms with E-state index in [1.54, 1.807) is 12.1 Å². The summed E-state index contributed by atoms with van der Waals surface area (Å²) in [5, 5.41) is 22.0. The Morgan fingerprint density at radius 2 is 1.63 bits per heavy atom. The van der Waals surface area contributed by atoms with Gasteiger partial charge in [0.25, 0.3) is 0 Å². The molecule has 1 saturated carbocycles. The first-order chi connectivity index (χ1) is 14.5. The molecule has 0 radical (unpaired) electrons. The van der Waals surface area contributed by atoms with Crippen molar-refractivity contribution in [3.63, 3.8) is 0 Å². The first kappa shape index (κ1) is 18.6. The van der Waals surface area contributed by atoms with Gasteiger partial charge in [-0.05, 0) is 36.1 Å². The molecule has 5 heteroatoms. The van der Waals surface area contributed by atoms with E-state index < -0.39 is 11.4 Å². The van der Waals surface area contributed by atoms with Crippen LogP contribution in [0.1, 0.15) is 34.5 Å². The molecule has 0 atom stereocenters. The zero-order valence-electron chi connectivity index (χ0n) is 16.0. The number of halogens is 1. The number of carbonyl (C=O) groups is 1. The Bertz CT molecular complexity index is 1280. The SMILES string of the molecule is O=C(O)c1c(O)c(C2(c3ccc(Cl)cc3)CC2)nc2c(-c3ccccc3)cccc12. The molecule has 0 unspecified atom stereocenters. The second-order valence-corrected chi connectivity index (χ2v) is 8.08. The van der Waals surface area contributed by atoms with E-state index in [1.165, 1.54) is 0 Å². The highest BCUT2D eigenvalue weighted by molar-refractivity contribution is 6.30. The van der Waals surface area contributed by atoms with Crippen molar-refractivity contribution in [3.05, 3.63) is 94.6 Å². The van der Waals surface area contributed by atoms with Crippen LogP contribution in [0.15, 0.2) is 72.8 Å². The highest BCUT2D eigenvalue weighted by atomic mass is 35.5. The van der Waals surface area contributed by atoms with Gasteiger partial charge in [0.15, 0.2) is 5.75 Å². The third kappa shape index (κ3) is 2.84. The number of aromatic nitrogens is 1. The molecule has 3 aromatic carbocycles. The fourth-order valence-corrected chi connectivity index (χ4v) is 4.36. The zero-order chi connectivity index (χ0) is 20.9. The normalized spacial score (nSPS) is 14.6. The maximum absolute atomic E-state index is 12.2. The van der Waals surface area contributed by atoms with Gasteiger partial charge in [-0.3, -0.25) is 0 Å². The maximum atomic E-state index is 12.2. The number of para-hydroxylation sites is 1. The van der Waals surface area contributed by atoms with E-state index in [0.29, 0.717) is 21.6 Å². The standard InChI is InChI=1S/C25H18ClNO3/c26-17-11-9-16(10-12-17)25(13-14-25)23-22(28)20(24(29)30)19-8-4-7-18(21(19)27-23)15-5-2-1-3-6-15/h1-12,28H,13-14H2,(H,29,30). The van der Waals surface area contributed by atoms with Gasteiger partial charge in [-0.1, -0.05) is 72.3 Å². The monoisotopic (exact) mass is 415 g/mol. The second kappa shape index (κ2) is 6.85. The second-order valence-electron chi connectivity index (χ2n) is 7.65. The molecule has 1 fully saturated rings. The molecule has 0 amide bonds. The summed E-state index contributed by atoms with van der Waals surface area (Å²) in [7, 11) is 0. The van der Waals surface area contributed by atoms with Crippen molar-refractivity contribution in [2.75, 3.05) is 0 Å². The molecule has 1 heterocycles. The summed E-state index contributed by atoms with van der Waals surface area (Å²) in [4.78, 5) is 17.0. The predicted molar refractivity (Wildman–Crippen MR) is 117 cm³/mol. The molecule has 0 spiro atoms. The van der Waals surface area contributed by atoms with Crippen LogP contribution in [0, 0.1) is 0 Å². The van der Waals surface area contributed by atoms with Crippen LogP contribution in [0.4, 0.5) is 0 Å². The molecule has 0 aliphatic heterocycles. The van der Waals surface area contributed by atoms with E-state index in [9.17, 15) is 15.0 Å². The van der Waals surface area contributed by atoms with Gasteiger partial charge >= 0.3 is 5.97 Å². The van der Waals surface area contributed by atoms with Crippen LogP contribution in [0.2, 0.25) is 5.02 Å². The van der Waals surface area contributed by atoms with Crippen LogP contribution in [0.25, 0.3) is 22.0 Å². The van der Waals surface area contributed by atoms with Crippen molar-refractivity contribution < 1.29 is 15.0 Å². The average Bonchev–Trinajstić information content (AvgIpc) is 3.55. The lowest BCUT2D eigenvalue weighted by Gasteiger charge is -2.20. The fourth-order valence-electron chi connectivity index (χ4n) is 4.23. The summed E-state index contributed by atoms with van der Waals surface area (Å²) in [6, 6.07) is 22.6. The Labute approximate surface area is 178 Å². The molecule has 1 aliphatic carbocycles. The van der Waals surface area contributed by atoms with Crippen LogP contribution in [0.3, 0.4) is 0 Å². The van der Waals surface area contributed by atoms with Gasteiger partial charge in [-0.2, -0.15) is 0 Å². The number of aromatic carboxylic acids is 1. The van der Waals surface area contributed by atoms with E-state index in [1.807, 2.05) is 60.7 Å². The Morgan fingerprint density at radius 1 is 0.933 bits per heavy atom. The maximum Gasteiger partial charge on any atom is 0.340 e. The number of nitrogens with zero attached hydrogens (tertiary/aromatic N) is 1. The summed E-state index contributed by atoms with van der Waals surface area (Å²) in [5.74, 6) is -1.43. The number of benzene rings is 3. The molecule has 1 aliphatic rings. The fraction of sp³-hybridized carbons (Fsp3) is 0.120. The Morgan fingerprint density at radius 3 is 2.27 bits per heavy atom. The van der Waals surface area contributed by atoms with Gasteiger partial charge in [-0.15, -0.1) is 0 Å². The summed E-state index contributed by atoms with van der Waals surface area (Å²) >= 11 is 6.05. The van der Waals surface area contributed by atoms with Gasteiger partial charge in [0.1, 0.15) is 5.56 Å². The highest BCUT2D eigenvalue weighted by Crippen LogP contribution is 2.56. The Balaban J connectivity index is 1.82. The quantitative estimate of drug-likeness (QED) is 0.426. The van der Waals surface area contributed by atoms with Gasteiger partial charge in [0.2, 0.25) is 0 Å². The molecule has 0 saturated heterocycles. The number of hydrogen-bond donors (Lipinski definition) is 2. The first-order valence-electron chi connectivity index (χ1n) is 9.72. The van der Waals surface area contributed by atoms with Crippen LogP contribution in [-0.2, 0) is 5.41 Å². The van der Waals surface area contributed by atoms with Crippen LogP contribution in [-0.4, -0.2) is 21.2 Å². The van der Waals surface area contributed by atoms with Crippen molar-refractivity contribution in [3.8, 4) is 16.9 Å². The zero-order valence-corrected chi connectivity index (χ0v) is 16.7. The van der Waals surface area contributed by atoms with Crippen LogP contribution >= 0.6 is 11.6 Å². The number of carboxylic acid groups (broad SMARTS) is 1. The summed E-state index contributed by atoms with van der Waals surface area (Å²) < 4.78 is 0. The van der Waals surface area contributed by atoms with Gasteiger partial charge in [0, 0.05) is 21.4 Å². The van der Waals surface area contributed by atoms with Crippen molar-refractivity contribution in [1.29, 1.82) is 0 Å². The molecule has 30 heavy (non-hydrogen) atoms. The number of fused-ring (bicyclic) bond motifs is 1. The van der Waals surface area contributed by atoms with Gasteiger partial charge in [-0.25, -0.2) is 9.78 Å². The smallest absolute Gasteiger partial charge is 0.340 e. The average molecular weight is 416 g/mol. The third-order valence-electron chi connectivity index (χ3n) is 5.89. The predicted octanol–water partition coefficient (Wildman–Crippen LogP) is 6.04. The lowest BCUT2D eigenvalue weighted by Crippen LogP contribution is -2.14. The third-order valence-corrected chi connectivity index (χ3v) is 6.14. The molecule has 148 valence electrons. The minimum Gasteiger partial charge on any atom is -0.505 e.